The summed E-state index contributed by atoms with van der Waals surface area (Å²) in [4.78, 5) is 0. The van der Waals surface area contributed by atoms with E-state index in [9.17, 15) is 0 Å². The van der Waals surface area contributed by atoms with Gasteiger partial charge in [0.25, 0.3) is 0 Å². The zero-order valence-electron chi connectivity index (χ0n) is 15.2. The molecule has 0 aliphatic rings. The molecule has 0 nitrogen and oxygen atoms in total. The second-order valence-electron chi connectivity index (χ2n) is 7.44. The lowest BCUT2D eigenvalue weighted by atomic mass is 9.88. The quantitative estimate of drug-likeness (QED) is 0.268. The fraction of sp³-hybridized carbons (Fsp3) is 0.0370. The minimum absolute atomic E-state index is 1.31. The van der Waals surface area contributed by atoms with Crippen LogP contribution < -0.4 is 0 Å². The van der Waals surface area contributed by atoms with Crippen molar-refractivity contribution in [3.8, 4) is 11.1 Å². The smallest absolute Gasteiger partial charge is 0.00206 e. The van der Waals surface area contributed by atoms with E-state index in [1.807, 2.05) is 0 Å². The Balaban J connectivity index is 1.81. The van der Waals surface area contributed by atoms with Crippen LogP contribution in [0.3, 0.4) is 0 Å². The van der Waals surface area contributed by atoms with Crippen molar-refractivity contribution in [1.29, 1.82) is 0 Å². The van der Waals surface area contributed by atoms with Gasteiger partial charge in [0.2, 0.25) is 0 Å². The Morgan fingerprint density at radius 2 is 1.00 bits per heavy atom. The van der Waals surface area contributed by atoms with E-state index in [1.165, 1.54) is 59.8 Å². The first-order valence-corrected chi connectivity index (χ1v) is 9.46. The molecule has 0 N–H and O–H groups in total. The van der Waals surface area contributed by atoms with Crippen LogP contribution in [0, 0.1) is 6.92 Å². The molecule has 0 unspecified atom stereocenters. The number of fused-ring (bicyclic) bond motifs is 1. The van der Waals surface area contributed by atoms with Gasteiger partial charge < -0.3 is 0 Å². The first-order valence-electron chi connectivity index (χ1n) is 9.46. The van der Waals surface area contributed by atoms with E-state index in [1.54, 1.807) is 0 Å². The van der Waals surface area contributed by atoms with Gasteiger partial charge in [0.15, 0.2) is 0 Å². The minimum Gasteiger partial charge on any atom is -0.0616 e. The van der Waals surface area contributed by atoms with Gasteiger partial charge in [-0.1, -0.05) is 91.0 Å². The Morgan fingerprint density at radius 3 is 1.81 bits per heavy atom. The average molecular weight is 342 g/mol. The van der Waals surface area contributed by atoms with Crippen molar-refractivity contribution in [3.05, 3.63) is 96.6 Å². The van der Waals surface area contributed by atoms with Crippen molar-refractivity contribution in [2.24, 2.45) is 0 Å². The van der Waals surface area contributed by atoms with E-state index in [0.29, 0.717) is 0 Å². The van der Waals surface area contributed by atoms with E-state index in [2.05, 4.69) is 97.9 Å². The Hall–Kier alpha value is -3.38. The summed E-state index contributed by atoms with van der Waals surface area (Å²) in [5, 5.41) is 10.7. The van der Waals surface area contributed by atoms with Crippen LogP contribution in [-0.2, 0) is 0 Å². The lowest BCUT2D eigenvalue weighted by Gasteiger charge is -2.16. The molecular weight excluding hydrogens is 324 g/mol. The molecule has 6 aromatic rings. The topological polar surface area (TPSA) is 0 Å². The molecule has 0 bridgehead atoms. The SMILES string of the molecule is Cc1ccc(-c2ccc3ccc4cccc5ccc2c3c45)c2ccccc12. The van der Waals surface area contributed by atoms with Crippen molar-refractivity contribution in [1.82, 2.24) is 0 Å². The largest absolute Gasteiger partial charge is 0.0616 e. The molecule has 0 atom stereocenters. The molecule has 0 aromatic heterocycles. The number of hydrogen-bond acceptors (Lipinski definition) is 0. The van der Waals surface area contributed by atoms with Crippen molar-refractivity contribution in [2.45, 2.75) is 6.92 Å². The summed E-state index contributed by atoms with van der Waals surface area (Å²) in [5.74, 6) is 0. The number of aryl methyl sites for hydroxylation is 1. The summed E-state index contributed by atoms with van der Waals surface area (Å²) in [6, 6.07) is 33.5. The summed E-state index contributed by atoms with van der Waals surface area (Å²) in [7, 11) is 0. The van der Waals surface area contributed by atoms with Crippen molar-refractivity contribution in [2.75, 3.05) is 0 Å². The fourth-order valence-corrected chi connectivity index (χ4v) is 4.65. The molecule has 0 amide bonds. The van der Waals surface area contributed by atoms with Gasteiger partial charge in [-0.25, -0.2) is 0 Å². The van der Waals surface area contributed by atoms with Crippen LogP contribution in [0.25, 0.3) is 54.2 Å². The molecule has 0 aliphatic heterocycles. The highest BCUT2D eigenvalue weighted by atomic mass is 14.2. The Morgan fingerprint density at radius 1 is 0.407 bits per heavy atom. The fourth-order valence-electron chi connectivity index (χ4n) is 4.65. The second kappa shape index (κ2) is 5.31. The lowest BCUT2D eigenvalue weighted by Crippen LogP contribution is -1.89. The molecule has 0 aliphatic carbocycles. The predicted octanol–water partition coefficient (Wildman–Crippen LogP) is 7.71. The van der Waals surface area contributed by atoms with E-state index in [4.69, 9.17) is 0 Å². The molecule has 0 radical (unpaired) electrons. The third kappa shape index (κ3) is 1.98. The maximum absolute atomic E-state index is 2.30. The Kier molecular flexibility index (Phi) is 2.90. The third-order valence-corrected chi connectivity index (χ3v) is 5.96. The average Bonchev–Trinajstić information content (AvgIpc) is 2.73. The minimum atomic E-state index is 1.31. The highest BCUT2D eigenvalue weighted by Crippen LogP contribution is 2.41. The first kappa shape index (κ1) is 14.8. The molecule has 0 fully saturated rings. The number of rotatable bonds is 1. The van der Waals surface area contributed by atoms with Crippen molar-refractivity contribution >= 4 is 43.1 Å². The van der Waals surface area contributed by atoms with Crippen LogP contribution in [0.1, 0.15) is 5.56 Å². The molecule has 0 spiro atoms. The van der Waals surface area contributed by atoms with Gasteiger partial charge >= 0.3 is 0 Å². The predicted molar refractivity (Wildman–Crippen MR) is 118 cm³/mol. The standard InChI is InChI=1S/C27H18/c1-17-9-14-23(22-8-3-2-7-21(17)22)24-15-12-20-11-10-18-5-4-6-19-13-16-25(24)27(20)26(18)19/h2-16H,1H3. The Labute approximate surface area is 158 Å². The summed E-state index contributed by atoms with van der Waals surface area (Å²) >= 11 is 0. The van der Waals surface area contributed by atoms with E-state index >= 15 is 0 Å². The monoisotopic (exact) mass is 342 g/mol. The van der Waals surface area contributed by atoms with Crippen LogP contribution in [0.5, 0.6) is 0 Å². The summed E-state index contributed by atoms with van der Waals surface area (Å²) in [6.07, 6.45) is 0. The maximum atomic E-state index is 2.30. The molecular formula is C27H18. The molecule has 0 saturated carbocycles. The molecule has 0 saturated heterocycles. The highest BCUT2D eigenvalue weighted by Gasteiger charge is 2.13. The normalized spacial score (nSPS) is 11.9. The zero-order valence-corrected chi connectivity index (χ0v) is 15.2. The molecule has 6 rings (SSSR count). The number of hydrogen-bond donors (Lipinski definition) is 0. The van der Waals surface area contributed by atoms with Crippen LogP contribution in [0.2, 0.25) is 0 Å². The summed E-state index contributed by atoms with van der Waals surface area (Å²) < 4.78 is 0. The van der Waals surface area contributed by atoms with E-state index in [-0.39, 0.29) is 0 Å². The third-order valence-electron chi connectivity index (χ3n) is 5.96. The van der Waals surface area contributed by atoms with Crippen LogP contribution in [-0.4, -0.2) is 0 Å². The van der Waals surface area contributed by atoms with Crippen LogP contribution in [0.15, 0.2) is 91.0 Å². The molecule has 126 valence electrons. The van der Waals surface area contributed by atoms with Crippen molar-refractivity contribution < 1.29 is 0 Å². The summed E-state index contributed by atoms with van der Waals surface area (Å²) in [6.45, 7) is 2.19. The number of benzene rings is 6. The van der Waals surface area contributed by atoms with E-state index in [0.717, 1.165) is 0 Å². The zero-order chi connectivity index (χ0) is 18.0. The van der Waals surface area contributed by atoms with Crippen molar-refractivity contribution in [3.63, 3.8) is 0 Å². The molecule has 0 heterocycles. The molecule has 0 heteroatoms. The van der Waals surface area contributed by atoms with E-state index < -0.39 is 0 Å². The second-order valence-corrected chi connectivity index (χ2v) is 7.44. The van der Waals surface area contributed by atoms with Gasteiger partial charge in [0.05, 0.1) is 0 Å². The van der Waals surface area contributed by atoms with Gasteiger partial charge in [0.1, 0.15) is 0 Å². The van der Waals surface area contributed by atoms with Gasteiger partial charge in [-0.05, 0) is 66.7 Å². The lowest BCUT2D eigenvalue weighted by molar-refractivity contribution is 1.53. The van der Waals surface area contributed by atoms with Gasteiger partial charge in [0, 0.05) is 0 Å². The van der Waals surface area contributed by atoms with Gasteiger partial charge in [-0.3, -0.25) is 0 Å². The van der Waals surface area contributed by atoms with Crippen LogP contribution in [0.4, 0.5) is 0 Å². The van der Waals surface area contributed by atoms with Gasteiger partial charge in [-0.15, -0.1) is 0 Å². The summed E-state index contributed by atoms with van der Waals surface area (Å²) in [5.41, 5.74) is 3.96. The molecule has 27 heavy (non-hydrogen) atoms. The van der Waals surface area contributed by atoms with Crippen LogP contribution >= 0.6 is 0 Å². The molecule has 6 aromatic carbocycles. The highest BCUT2D eigenvalue weighted by molar-refractivity contribution is 6.26. The Bertz CT molecular complexity index is 1450. The first-order chi connectivity index (χ1) is 13.3. The maximum Gasteiger partial charge on any atom is -0.00206 e. The van der Waals surface area contributed by atoms with Gasteiger partial charge in [-0.2, -0.15) is 0 Å².